The number of ether oxygens (including phenoxy) is 1. The zero-order valence-corrected chi connectivity index (χ0v) is 11.3. The molecule has 0 radical (unpaired) electrons. The van der Waals surface area contributed by atoms with E-state index < -0.39 is 0 Å². The van der Waals surface area contributed by atoms with Crippen LogP contribution in [-0.2, 0) is 4.74 Å². The van der Waals surface area contributed by atoms with Crippen molar-refractivity contribution in [2.24, 2.45) is 0 Å². The van der Waals surface area contributed by atoms with E-state index in [1.165, 1.54) is 10.9 Å². The number of methoxy groups -OCH3 is 1. The zero-order chi connectivity index (χ0) is 13.0. The molecule has 0 aliphatic carbocycles. The zero-order valence-electron chi connectivity index (χ0n) is 11.3. The molecule has 2 rings (SSSR count). The van der Waals surface area contributed by atoms with E-state index in [4.69, 9.17) is 9.15 Å². The van der Waals surface area contributed by atoms with Gasteiger partial charge in [-0.15, -0.1) is 0 Å². The van der Waals surface area contributed by atoms with Crippen molar-refractivity contribution in [3.8, 4) is 0 Å². The molecule has 1 aromatic carbocycles. The Labute approximate surface area is 108 Å². The van der Waals surface area contributed by atoms with Gasteiger partial charge in [0.25, 0.3) is 0 Å². The summed E-state index contributed by atoms with van der Waals surface area (Å²) in [7, 11) is 1.73. The maximum atomic E-state index is 5.99. The molecular weight excluding hydrogens is 226 g/mol. The Morgan fingerprint density at radius 3 is 2.89 bits per heavy atom. The van der Waals surface area contributed by atoms with Crippen molar-refractivity contribution in [1.82, 2.24) is 5.32 Å². The minimum atomic E-state index is 0.224. The van der Waals surface area contributed by atoms with Gasteiger partial charge in [-0.25, -0.2) is 0 Å². The van der Waals surface area contributed by atoms with Gasteiger partial charge in [0.1, 0.15) is 11.3 Å². The summed E-state index contributed by atoms with van der Waals surface area (Å²) >= 11 is 0. The molecule has 1 heterocycles. The molecule has 98 valence electrons. The summed E-state index contributed by atoms with van der Waals surface area (Å²) < 4.78 is 11.1. The van der Waals surface area contributed by atoms with E-state index in [9.17, 15) is 0 Å². The first-order valence-corrected chi connectivity index (χ1v) is 6.47. The summed E-state index contributed by atoms with van der Waals surface area (Å²) in [5.74, 6) is 0.998. The summed E-state index contributed by atoms with van der Waals surface area (Å²) in [6.45, 7) is 5.83. The molecule has 0 aliphatic heterocycles. The molecule has 3 heteroatoms. The predicted octanol–water partition coefficient (Wildman–Crippen LogP) is 3.43. The standard InChI is InChI=1S/C15H21NO2/c1-4-16-13(8-9-17-3)14-10-12-7-5-6-11(2)15(12)18-14/h5-7,10,13,16H,4,8-9H2,1-3H3. The van der Waals surface area contributed by atoms with Crippen molar-refractivity contribution in [1.29, 1.82) is 0 Å². The lowest BCUT2D eigenvalue weighted by Crippen LogP contribution is -2.21. The third kappa shape index (κ3) is 2.74. The molecule has 18 heavy (non-hydrogen) atoms. The number of hydrogen-bond acceptors (Lipinski definition) is 3. The van der Waals surface area contributed by atoms with Crippen LogP contribution in [0.4, 0.5) is 0 Å². The van der Waals surface area contributed by atoms with Crippen LogP contribution < -0.4 is 5.32 Å². The Balaban J connectivity index is 2.29. The number of hydrogen-bond donors (Lipinski definition) is 1. The summed E-state index contributed by atoms with van der Waals surface area (Å²) in [5, 5.41) is 4.61. The van der Waals surface area contributed by atoms with Gasteiger partial charge in [-0.3, -0.25) is 0 Å². The van der Waals surface area contributed by atoms with Gasteiger partial charge in [0.15, 0.2) is 0 Å². The highest BCUT2D eigenvalue weighted by Crippen LogP contribution is 2.27. The number of fused-ring (bicyclic) bond motifs is 1. The Hall–Kier alpha value is -1.32. The molecule has 1 unspecified atom stereocenters. The molecule has 1 N–H and O–H groups in total. The minimum Gasteiger partial charge on any atom is -0.459 e. The smallest absolute Gasteiger partial charge is 0.137 e. The van der Waals surface area contributed by atoms with Gasteiger partial charge >= 0.3 is 0 Å². The first-order chi connectivity index (χ1) is 8.76. The molecule has 2 aromatic rings. The van der Waals surface area contributed by atoms with E-state index in [0.717, 1.165) is 30.9 Å². The van der Waals surface area contributed by atoms with Crippen molar-refractivity contribution in [2.45, 2.75) is 26.3 Å². The van der Waals surface area contributed by atoms with Gasteiger partial charge < -0.3 is 14.5 Å². The fraction of sp³-hybridized carbons (Fsp3) is 0.467. The molecule has 0 fully saturated rings. The molecule has 3 nitrogen and oxygen atoms in total. The second-order valence-corrected chi connectivity index (χ2v) is 4.53. The Morgan fingerprint density at radius 2 is 2.22 bits per heavy atom. The Bertz CT molecular complexity index is 504. The van der Waals surface area contributed by atoms with Crippen LogP contribution in [0.5, 0.6) is 0 Å². The quantitative estimate of drug-likeness (QED) is 0.849. The maximum absolute atomic E-state index is 5.99. The van der Waals surface area contributed by atoms with E-state index >= 15 is 0 Å². The molecule has 0 saturated heterocycles. The molecular formula is C15H21NO2. The molecule has 1 aromatic heterocycles. The van der Waals surface area contributed by atoms with E-state index in [0.29, 0.717) is 0 Å². The van der Waals surface area contributed by atoms with Crippen molar-refractivity contribution in [2.75, 3.05) is 20.3 Å². The molecule has 1 atom stereocenters. The number of para-hydroxylation sites is 1. The molecule has 0 spiro atoms. The number of benzene rings is 1. The van der Waals surface area contributed by atoms with Crippen LogP contribution in [0.15, 0.2) is 28.7 Å². The van der Waals surface area contributed by atoms with Crippen LogP contribution in [0.3, 0.4) is 0 Å². The second-order valence-electron chi connectivity index (χ2n) is 4.53. The van der Waals surface area contributed by atoms with Gasteiger partial charge in [0.2, 0.25) is 0 Å². The third-order valence-corrected chi connectivity index (χ3v) is 3.16. The average molecular weight is 247 g/mol. The summed E-state index contributed by atoms with van der Waals surface area (Å²) in [4.78, 5) is 0. The third-order valence-electron chi connectivity index (χ3n) is 3.16. The van der Waals surface area contributed by atoms with E-state index in [1.807, 2.05) is 0 Å². The van der Waals surface area contributed by atoms with Gasteiger partial charge in [-0.05, 0) is 31.5 Å². The van der Waals surface area contributed by atoms with Crippen molar-refractivity contribution >= 4 is 11.0 Å². The normalized spacial score (nSPS) is 13.1. The highest BCUT2D eigenvalue weighted by Gasteiger charge is 2.15. The fourth-order valence-corrected chi connectivity index (χ4v) is 2.23. The number of rotatable bonds is 6. The number of aryl methyl sites for hydroxylation is 1. The highest BCUT2D eigenvalue weighted by molar-refractivity contribution is 5.80. The fourth-order valence-electron chi connectivity index (χ4n) is 2.23. The highest BCUT2D eigenvalue weighted by atomic mass is 16.5. The van der Waals surface area contributed by atoms with Gasteiger partial charge in [-0.1, -0.05) is 25.1 Å². The van der Waals surface area contributed by atoms with Crippen LogP contribution in [0, 0.1) is 6.92 Å². The van der Waals surface area contributed by atoms with Crippen molar-refractivity contribution in [3.05, 3.63) is 35.6 Å². The van der Waals surface area contributed by atoms with Gasteiger partial charge in [0.05, 0.1) is 6.04 Å². The van der Waals surface area contributed by atoms with E-state index in [2.05, 4.69) is 43.4 Å². The van der Waals surface area contributed by atoms with Crippen LogP contribution >= 0.6 is 0 Å². The maximum Gasteiger partial charge on any atom is 0.137 e. The van der Waals surface area contributed by atoms with Crippen LogP contribution in [0.25, 0.3) is 11.0 Å². The minimum absolute atomic E-state index is 0.224. The van der Waals surface area contributed by atoms with Crippen molar-refractivity contribution < 1.29 is 9.15 Å². The Morgan fingerprint density at radius 1 is 1.39 bits per heavy atom. The molecule has 0 aliphatic rings. The average Bonchev–Trinajstić information content (AvgIpc) is 2.80. The molecule has 0 amide bonds. The van der Waals surface area contributed by atoms with Crippen LogP contribution in [0.2, 0.25) is 0 Å². The van der Waals surface area contributed by atoms with Crippen molar-refractivity contribution in [3.63, 3.8) is 0 Å². The molecule has 0 saturated carbocycles. The topological polar surface area (TPSA) is 34.4 Å². The lowest BCUT2D eigenvalue weighted by Gasteiger charge is -2.14. The predicted molar refractivity (Wildman–Crippen MR) is 73.9 cm³/mol. The van der Waals surface area contributed by atoms with E-state index in [-0.39, 0.29) is 6.04 Å². The summed E-state index contributed by atoms with van der Waals surface area (Å²) in [6, 6.07) is 8.59. The summed E-state index contributed by atoms with van der Waals surface area (Å²) in [5.41, 5.74) is 2.17. The van der Waals surface area contributed by atoms with Crippen LogP contribution in [-0.4, -0.2) is 20.3 Å². The lowest BCUT2D eigenvalue weighted by atomic mass is 10.1. The van der Waals surface area contributed by atoms with Crippen LogP contribution in [0.1, 0.15) is 30.7 Å². The largest absolute Gasteiger partial charge is 0.459 e. The SMILES string of the molecule is CCNC(CCOC)c1cc2cccc(C)c2o1. The second kappa shape index (κ2) is 6.03. The van der Waals surface area contributed by atoms with Gasteiger partial charge in [-0.2, -0.15) is 0 Å². The lowest BCUT2D eigenvalue weighted by molar-refractivity contribution is 0.179. The van der Waals surface area contributed by atoms with E-state index in [1.54, 1.807) is 7.11 Å². The number of nitrogens with one attached hydrogen (secondary N) is 1. The monoisotopic (exact) mass is 247 g/mol. The molecule has 0 bridgehead atoms. The van der Waals surface area contributed by atoms with Gasteiger partial charge in [0, 0.05) is 19.1 Å². The number of furan rings is 1. The Kier molecular flexibility index (Phi) is 4.39. The first kappa shape index (κ1) is 13.1. The summed E-state index contributed by atoms with van der Waals surface area (Å²) in [6.07, 6.45) is 0.920. The first-order valence-electron chi connectivity index (χ1n) is 6.47.